The van der Waals surface area contributed by atoms with Crippen LogP contribution in [0.2, 0.25) is 0 Å². The normalized spacial score (nSPS) is 13.3. The van der Waals surface area contributed by atoms with Gasteiger partial charge in [0, 0.05) is 23.8 Å². The highest BCUT2D eigenvalue weighted by Gasteiger charge is 2.09. The fourth-order valence-corrected chi connectivity index (χ4v) is 1.75. The Bertz CT molecular complexity index is 419. The first-order chi connectivity index (χ1) is 6.83. The molecule has 0 aromatic carbocycles. The van der Waals surface area contributed by atoms with Gasteiger partial charge in [0.05, 0.1) is 0 Å². The maximum Gasteiger partial charge on any atom is 0.137 e. The van der Waals surface area contributed by atoms with Crippen LogP contribution < -0.4 is 5.32 Å². The van der Waals surface area contributed by atoms with Gasteiger partial charge in [0.25, 0.3) is 0 Å². The summed E-state index contributed by atoms with van der Waals surface area (Å²) in [6.07, 6.45) is 3.84. The van der Waals surface area contributed by atoms with Crippen molar-refractivity contribution in [2.75, 3.05) is 6.54 Å². The minimum Gasteiger partial charge on any atom is -0.346 e. The maximum absolute atomic E-state index is 4.26. The fourth-order valence-electron chi connectivity index (χ4n) is 1.75. The van der Waals surface area contributed by atoms with Gasteiger partial charge in [0.15, 0.2) is 0 Å². The molecule has 2 aromatic heterocycles. The molecule has 0 saturated carbocycles. The molecular weight excluding hydrogens is 174 g/mol. The van der Waals surface area contributed by atoms with Crippen molar-refractivity contribution >= 4 is 11.0 Å². The number of aromatic nitrogens is 2. The predicted octanol–water partition coefficient (Wildman–Crippen LogP) is 2.23. The molecule has 0 saturated heterocycles. The average molecular weight is 189 g/mol. The van der Waals surface area contributed by atoms with Gasteiger partial charge in [0.2, 0.25) is 0 Å². The van der Waals surface area contributed by atoms with Crippen LogP contribution in [0.1, 0.15) is 25.5 Å². The Morgan fingerprint density at radius 1 is 1.57 bits per heavy atom. The molecule has 0 bridgehead atoms. The van der Waals surface area contributed by atoms with Gasteiger partial charge in [-0.05, 0) is 31.2 Å². The molecule has 3 heteroatoms. The molecule has 0 aliphatic rings. The summed E-state index contributed by atoms with van der Waals surface area (Å²) in [5.74, 6) is 0. The molecule has 14 heavy (non-hydrogen) atoms. The lowest BCUT2D eigenvalue weighted by Crippen LogP contribution is -2.17. The van der Waals surface area contributed by atoms with Gasteiger partial charge >= 0.3 is 0 Å². The van der Waals surface area contributed by atoms with Crippen LogP contribution in [0.5, 0.6) is 0 Å². The van der Waals surface area contributed by atoms with E-state index in [1.165, 1.54) is 10.9 Å². The van der Waals surface area contributed by atoms with Gasteiger partial charge in [-0.3, -0.25) is 0 Å². The molecule has 1 unspecified atom stereocenters. The van der Waals surface area contributed by atoms with Crippen LogP contribution in [0.4, 0.5) is 0 Å². The zero-order valence-corrected chi connectivity index (χ0v) is 8.54. The summed E-state index contributed by atoms with van der Waals surface area (Å²) < 4.78 is 0. The van der Waals surface area contributed by atoms with E-state index in [4.69, 9.17) is 0 Å². The fraction of sp³-hybridized carbons (Fsp3) is 0.364. The molecule has 1 atom stereocenters. The minimum absolute atomic E-state index is 0.373. The number of rotatable bonds is 3. The van der Waals surface area contributed by atoms with Crippen LogP contribution in [0, 0.1) is 0 Å². The SMILES string of the molecule is CCNC(C)c1c[nH]c2ncccc12. The van der Waals surface area contributed by atoms with Crippen molar-refractivity contribution in [3.05, 3.63) is 30.1 Å². The van der Waals surface area contributed by atoms with E-state index in [0.29, 0.717) is 6.04 Å². The predicted molar refractivity (Wildman–Crippen MR) is 58.2 cm³/mol. The molecule has 0 fully saturated rings. The Labute approximate surface area is 83.6 Å². The second kappa shape index (κ2) is 3.80. The van der Waals surface area contributed by atoms with Gasteiger partial charge in [-0.25, -0.2) is 4.98 Å². The van der Waals surface area contributed by atoms with Crippen LogP contribution in [-0.4, -0.2) is 16.5 Å². The van der Waals surface area contributed by atoms with E-state index in [1.807, 2.05) is 12.3 Å². The molecule has 0 aliphatic heterocycles. The number of pyridine rings is 1. The largest absolute Gasteiger partial charge is 0.346 e. The van der Waals surface area contributed by atoms with E-state index in [0.717, 1.165) is 12.2 Å². The standard InChI is InChI=1S/C11H15N3/c1-3-12-8(2)10-7-14-11-9(10)5-4-6-13-11/h4-8,12H,3H2,1-2H3,(H,13,14). The molecule has 2 N–H and O–H groups in total. The molecular formula is C11H15N3. The number of nitrogens with zero attached hydrogens (tertiary/aromatic N) is 1. The van der Waals surface area contributed by atoms with Gasteiger partial charge in [-0.2, -0.15) is 0 Å². The summed E-state index contributed by atoms with van der Waals surface area (Å²) in [5.41, 5.74) is 2.25. The molecule has 0 spiro atoms. The number of nitrogens with one attached hydrogen (secondary N) is 2. The Balaban J connectivity index is 2.42. The third-order valence-corrected chi connectivity index (χ3v) is 2.46. The molecule has 0 aliphatic carbocycles. The lowest BCUT2D eigenvalue weighted by atomic mass is 10.1. The maximum atomic E-state index is 4.26. The van der Waals surface area contributed by atoms with Crippen LogP contribution >= 0.6 is 0 Å². The van der Waals surface area contributed by atoms with Crippen molar-refractivity contribution < 1.29 is 0 Å². The molecule has 3 nitrogen and oxygen atoms in total. The number of H-pyrrole nitrogens is 1. The first-order valence-electron chi connectivity index (χ1n) is 4.98. The average Bonchev–Trinajstić information content (AvgIpc) is 2.61. The van der Waals surface area contributed by atoms with Gasteiger partial charge in [0.1, 0.15) is 5.65 Å². The lowest BCUT2D eigenvalue weighted by molar-refractivity contribution is 0.602. The van der Waals surface area contributed by atoms with E-state index in [1.54, 1.807) is 6.20 Å². The third kappa shape index (κ3) is 1.51. The highest BCUT2D eigenvalue weighted by atomic mass is 14.9. The van der Waals surface area contributed by atoms with Crippen molar-refractivity contribution in [3.8, 4) is 0 Å². The van der Waals surface area contributed by atoms with Gasteiger partial charge < -0.3 is 10.3 Å². The number of hydrogen-bond donors (Lipinski definition) is 2. The van der Waals surface area contributed by atoms with Gasteiger partial charge in [-0.1, -0.05) is 6.92 Å². The molecule has 2 rings (SSSR count). The number of aromatic amines is 1. The Morgan fingerprint density at radius 2 is 2.43 bits per heavy atom. The smallest absolute Gasteiger partial charge is 0.137 e. The summed E-state index contributed by atoms with van der Waals surface area (Å²) in [6, 6.07) is 4.44. The van der Waals surface area contributed by atoms with Crippen LogP contribution in [0.15, 0.2) is 24.5 Å². The number of hydrogen-bond acceptors (Lipinski definition) is 2. The molecule has 2 heterocycles. The van der Waals surface area contributed by atoms with E-state index < -0.39 is 0 Å². The van der Waals surface area contributed by atoms with Crippen LogP contribution in [-0.2, 0) is 0 Å². The monoisotopic (exact) mass is 189 g/mol. The summed E-state index contributed by atoms with van der Waals surface area (Å²) >= 11 is 0. The third-order valence-electron chi connectivity index (χ3n) is 2.46. The summed E-state index contributed by atoms with van der Waals surface area (Å²) in [6.45, 7) is 5.26. The molecule has 0 radical (unpaired) electrons. The lowest BCUT2D eigenvalue weighted by Gasteiger charge is -2.10. The van der Waals surface area contributed by atoms with Crippen molar-refractivity contribution in [1.82, 2.24) is 15.3 Å². The summed E-state index contributed by atoms with van der Waals surface area (Å²) in [7, 11) is 0. The topological polar surface area (TPSA) is 40.7 Å². The van der Waals surface area contributed by atoms with Crippen LogP contribution in [0.3, 0.4) is 0 Å². The van der Waals surface area contributed by atoms with Crippen molar-refractivity contribution in [2.24, 2.45) is 0 Å². The molecule has 0 amide bonds. The first-order valence-corrected chi connectivity index (χ1v) is 4.98. The van der Waals surface area contributed by atoms with E-state index >= 15 is 0 Å². The Kier molecular flexibility index (Phi) is 2.50. The first kappa shape index (κ1) is 9.21. The Morgan fingerprint density at radius 3 is 3.21 bits per heavy atom. The summed E-state index contributed by atoms with van der Waals surface area (Å²) in [4.78, 5) is 7.44. The van der Waals surface area contributed by atoms with Crippen molar-refractivity contribution in [3.63, 3.8) is 0 Å². The molecule has 74 valence electrons. The number of fused-ring (bicyclic) bond motifs is 1. The second-order valence-corrected chi connectivity index (χ2v) is 3.42. The highest BCUT2D eigenvalue weighted by molar-refractivity contribution is 5.79. The zero-order valence-electron chi connectivity index (χ0n) is 8.54. The molecule has 2 aromatic rings. The quantitative estimate of drug-likeness (QED) is 0.777. The second-order valence-electron chi connectivity index (χ2n) is 3.42. The highest BCUT2D eigenvalue weighted by Crippen LogP contribution is 2.21. The minimum atomic E-state index is 0.373. The van der Waals surface area contributed by atoms with Crippen molar-refractivity contribution in [1.29, 1.82) is 0 Å². The van der Waals surface area contributed by atoms with E-state index in [2.05, 4.69) is 35.2 Å². The zero-order chi connectivity index (χ0) is 9.97. The van der Waals surface area contributed by atoms with E-state index in [-0.39, 0.29) is 0 Å². The van der Waals surface area contributed by atoms with Crippen LogP contribution in [0.25, 0.3) is 11.0 Å². The Hall–Kier alpha value is -1.35. The van der Waals surface area contributed by atoms with Crippen molar-refractivity contribution in [2.45, 2.75) is 19.9 Å². The van der Waals surface area contributed by atoms with Gasteiger partial charge in [-0.15, -0.1) is 0 Å². The summed E-state index contributed by atoms with van der Waals surface area (Å²) in [5, 5.41) is 4.60. The van der Waals surface area contributed by atoms with E-state index in [9.17, 15) is 0 Å².